The van der Waals surface area contributed by atoms with Crippen molar-refractivity contribution in [3.8, 4) is 0 Å². The third kappa shape index (κ3) is 5.16. The highest BCUT2D eigenvalue weighted by atomic mass is 35.5. The zero-order valence-electron chi connectivity index (χ0n) is 13.2. The largest absolute Gasteiger partial charge is 0.324 e. The zero-order valence-corrected chi connectivity index (χ0v) is 13.9. The monoisotopic (exact) mass is 281 g/mol. The van der Waals surface area contributed by atoms with Gasteiger partial charge in [0.2, 0.25) is 0 Å². The molecule has 2 atom stereocenters. The summed E-state index contributed by atoms with van der Waals surface area (Å²) in [6, 6.07) is 4.28. The van der Waals surface area contributed by atoms with Gasteiger partial charge < -0.3 is 5.73 Å². The Morgan fingerprint density at radius 2 is 1.74 bits per heavy atom. The number of hydrogen-bond acceptors (Lipinski definition) is 1. The van der Waals surface area contributed by atoms with Crippen LogP contribution < -0.4 is 5.73 Å². The van der Waals surface area contributed by atoms with E-state index in [0.717, 1.165) is 17.0 Å². The quantitative estimate of drug-likeness (QED) is 0.783. The lowest BCUT2D eigenvalue weighted by molar-refractivity contribution is 0.286. The maximum Gasteiger partial charge on any atom is 0.0438 e. The third-order valence-corrected chi connectivity index (χ3v) is 3.97. The van der Waals surface area contributed by atoms with Crippen molar-refractivity contribution in [2.75, 3.05) is 0 Å². The summed E-state index contributed by atoms with van der Waals surface area (Å²) in [5.41, 5.74) is 10.3. The first kappa shape index (κ1) is 16.5. The van der Waals surface area contributed by atoms with Crippen molar-refractivity contribution in [1.82, 2.24) is 0 Å². The topological polar surface area (TPSA) is 26.0 Å². The van der Waals surface area contributed by atoms with Gasteiger partial charge in [-0.15, -0.1) is 0 Å². The predicted molar refractivity (Wildman–Crippen MR) is 85.7 cm³/mol. The van der Waals surface area contributed by atoms with Gasteiger partial charge in [0, 0.05) is 11.1 Å². The van der Waals surface area contributed by atoms with Crippen LogP contribution in [0.3, 0.4) is 0 Å². The molecule has 0 aliphatic carbocycles. The standard InChI is InChI=1S/C17H28ClN/c1-11(10-17(4,5)6)7-16(19)14-8-13(3)15(18)9-12(14)2/h8-9,11,16H,7,10,19H2,1-6H3. The number of aryl methyl sites for hydroxylation is 2. The molecule has 0 saturated heterocycles. The average molecular weight is 282 g/mol. The first-order valence-corrected chi connectivity index (χ1v) is 7.50. The summed E-state index contributed by atoms with van der Waals surface area (Å²) in [7, 11) is 0. The summed E-state index contributed by atoms with van der Waals surface area (Å²) in [6.45, 7) is 13.3. The lowest BCUT2D eigenvalue weighted by Crippen LogP contribution is -2.19. The van der Waals surface area contributed by atoms with E-state index in [4.69, 9.17) is 17.3 Å². The molecule has 2 N–H and O–H groups in total. The number of nitrogens with two attached hydrogens (primary N) is 1. The molecule has 0 heterocycles. The van der Waals surface area contributed by atoms with Gasteiger partial charge in [0.05, 0.1) is 0 Å². The van der Waals surface area contributed by atoms with Crippen LogP contribution in [0.5, 0.6) is 0 Å². The fourth-order valence-corrected chi connectivity index (χ4v) is 3.11. The van der Waals surface area contributed by atoms with E-state index in [-0.39, 0.29) is 6.04 Å². The molecule has 108 valence electrons. The summed E-state index contributed by atoms with van der Waals surface area (Å²) < 4.78 is 0. The molecule has 1 aromatic carbocycles. The number of hydrogen-bond donors (Lipinski definition) is 1. The molecule has 1 nitrogen and oxygen atoms in total. The molecule has 0 spiro atoms. The summed E-state index contributed by atoms with van der Waals surface area (Å²) in [6.07, 6.45) is 2.23. The molecular formula is C17H28ClN. The Balaban J connectivity index is 2.78. The van der Waals surface area contributed by atoms with E-state index in [9.17, 15) is 0 Å². The second-order valence-corrected chi connectivity index (χ2v) is 7.58. The van der Waals surface area contributed by atoms with Crippen LogP contribution in [0.2, 0.25) is 5.02 Å². The minimum Gasteiger partial charge on any atom is -0.324 e. The van der Waals surface area contributed by atoms with Crippen molar-refractivity contribution in [2.45, 2.75) is 60.4 Å². The Kier molecular flexibility index (Phi) is 5.46. The second kappa shape index (κ2) is 6.28. The fourth-order valence-electron chi connectivity index (χ4n) is 2.89. The van der Waals surface area contributed by atoms with Crippen LogP contribution in [-0.2, 0) is 0 Å². The first-order chi connectivity index (χ1) is 8.60. The maximum absolute atomic E-state index is 6.39. The fraction of sp³-hybridized carbons (Fsp3) is 0.647. The smallest absolute Gasteiger partial charge is 0.0438 e. The van der Waals surface area contributed by atoms with E-state index in [0.29, 0.717) is 11.3 Å². The van der Waals surface area contributed by atoms with E-state index in [1.807, 2.05) is 13.0 Å². The van der Waals surface area contributed by atoms with Crippen molar-refractivity contribution in [1.29, 1.82) is 0 Å². The molecule has 0 saturated carbocycles. The van der Waals surface area contributed by atoms with Gasteiger partial charge in [-0.1, -0.05) is 45.4 Å². The molecular weight excluding hydrogens is 254 g/mol. The van der Waals surface area contributed by atoms with E-state index in [1.165, 1.54) is 17.5 Å². The molecule has 2 unspecified atom stereocenters. The molecule has 2 heteroatoms. The van der Waals surface area contributed by atoms with Gasteiger partial charge in [0.25, 0.3) is 0 Å². The van der Waals surface area contributed by atoms with Crippen LogP contribution in [0.15, 0.2) is 12.1 Å². The maximum atomic E-state index is 6.39. The molecule has 0 amide bonds. The molecule has 0 aromatic heterocycles. The average Bonchev–Trinajstić information content (AvgIpc) is 2.20. The van der Waals surface area contributed by atoms with Gasteiger partial charge in [-0.2, -0.15) is 0 Å². The SMILES string of the molecule is Cc1cc(C(N)CC(C)CC(C)(C)C)c(C)cc1Cl. The molecule has 19 heavy (non-hydrogen) atoms. The van der Waals surface area contributed by atoms with Crippen molar-refractivity contribution >= 4 is 11.6 Å². The normalized spacial score (nSPS) is 15.4. The second-order valence-electron chi connectivity index (χ2n) is 7.17. The van der Waals surface area contributed by atoms with Crippen LogP contribution in [0.1, 0.15) is 63.3 Å². The summed E-state index contributed by atoms with van der Waals surface area (Å²) in [5.74, 6) is 0.630. The highest BCUT2D eigenvalue weighted by Crippen LogP contribution is 2.31. The van der Waals surface area contributed by atoms with Gasteiger partial charge in [0.1, 0.15) is 0 Å². The molecule has 0 bridgehead atoms. The van der Waals surface area contributed by atoms with Gasteiger partial charge in [-0.25, -0.2) is 0 Å². The minimum absolute atomic E-state index is 0.105. The molecule has 1 rings (SSSR count). The molecule has 0 radical (unpaired) electrons. The van der Waals surface area contributed by atoms with E-state index >= 15 is 0 Å². The Labute approximate surface area is 123 Å². The lowest BCUT2D eigenvalue weighted by Gasteiger charge is -2.26. The van der Waals surface area contributed by atoms with Crippen LogP contribution in [0.25, 0.3) is 0 Å². The van der Waals surface area contributed by atoms with Crippen LogP contribution in [0.4, 0.5) is 0 Å². The molecule has 0 aliphatic rings. The zero-order chi connectivity index (χ0) is 14.8. The Hall–Kier alpha value is -0.530. The van der Waals surface area contributed by atoms with Gasteiger partial charge in [-0.3, -0.25) is 0 Å². The van der Waals surface area contributed by atoms with Crippen molar-refractivity contribution in [3.63, 3.8) is 0 Å². The van der Waals surface area contributed by atoms with Crippen molar-refractivity contribution < 1.29 is 0 Å². The molecule has 0 aliphatic heterocycles. The van der Waals surface area contributed by atoms with Gasteiger partial charge >= 0.3 is 0 Å². The summed E-state index contributed by atoms with van der Waals surface area (Å²) >= 11 is 6.14. The highest BCUT2D eigenvalue weighted by Gasteiger charge is 2.19. The molecule has 1 aromatic rings. The summed E-state index contributed by atoms with van der Waals surface area (Å²) in [5, 5.41) is 0.830. The Morgan fingerprint density at radius 3 is 2.26 bits per heavy atom. The lowest BCUT2D eigenvalue weighted by atomic mass is 9.81. The minimum atomic E-state index is 0.105. The number of benzene rings is 1. The Bertz CT molecular complexity index is 432. The van der Waals surface area contributed by atoms with Gasteiger partial charge in [0.15, 0.2) is 0 Å². The molecule has 0 fully saturated rings. The van der Waals surface area contributed by atoms with E-state index < -0.39 is 0 Å². The highest BCUT2D eigenvalue weighted by molar-refractivity contribution is 6.31. The van der Waals surface area contributed by atoms with Crippen molar-refractivity contribution in [3.05, 3.63) is 33.8 Å². The van der Waals surface area contributed by atoms with E-state index in [2.05, 4.69) is 40.7 Å². The van der Waals surface area contributed by atoms with Gasteiger partial charge in [-0.05, 0) is 60.8 Å². The third-order valence-electron chi connectivity index (χ3n) is 3.56. The van der Waals surface area contributed by atoms with Crippen LogP contribution in [0, 0.1) is 25.2 Å². The van der Waals surface area contributed by atoms with E-state index in [1.54, 1.807) is 0 Å². The van der Waals surface area contributed by atoms with Crippen molar-refractivity contribution in [2.24, 2.45) is 17.1 Å². The Morgan fingerprint density at radius 1 is 1.16 bits per heavy atom. The predicted octanol–water partition coefficient (Wildman–Crippen LogP) is 5.42. The number of halogens is 1. The number of rotatable bonds is 4. The first-order valence-electron chi connectivity index (χ1n) is 7.12. The van der Waals surface area contributed by atoms with Crippen LogP contribution in [-0.4, -0.2) is 0 Å². The summed E-state index contributed by atoms with van der Waals surface area (Å²) in [4.78, 5) is 0. The van der Waals surface area contributed by atoms with Crippen LogP contribution >= 0.6 is 11.6 Å².